The molecule has 0 atom stereocenters. The zero-order valence-electron chi connectivity index (χ0n) is 13.9. The number of anilines is 1. The summed E-state index contributed by atoms with van der Waals surface area (Å²) >= 11 is 0. The lowest BCUT2D eigenvalue weighted by Gasteiger charge is -2.24. The highest BCUT2D eigenvalue weighted by Crippen LogP contribution is 2.27. The third-order valence-corrected chi connectivity index (χ3v) is 4.51. The lowest BCUT2D eigenvalue weighted by Crippen LogP contribution is -2.27. The Morgan fingerprint density at radius 2 is 1.96 bits per heavy atom. The third kappa shape index (κ3) is 3.39. The van der Waals surface area contributed by atoms with Gasteiger partial charge in [-0.2, -0.15) is 0 Å². The molecule has 1 amide bonds. The number of amides is 1. The average Bonchev–Trinajstić information content (AvgIpc) is 3.02. The van der Waals surface area contributed by atoms with Gasteiger partial charge in [-0.15, -0.1) is 0 Å². The van der Waals surface area contributed by atoms with Crippen molar-refractivity contribution in [3.63, 3.8) is 0 Å². The highest BCUT2D eigenvalue weighted by atomic mass is 16.5. The van der Waals surface area contributed by atoms with Crippen molar-refractivity contribution in [3.05, 3.63) is 58.5 Å². The second-order valence-electron chi connectivity index (χ2n) is 6.29. The Kier molecular flexibility index (Phi) is 4.30. The van der Waals surface area contributed by atoms with Gasteiger partial charge in [0, 0.05) is 30.4 Å². The summed E-state index contributed by atoms with van der Waals surface area (Å²) in [5.74, 6) is -0.137. The van der Waals surface area contributed by atoms with Crippen LogP contribution in [0, 0.1) is 5.92 Å². The summed E-state index contributed by atoms with van der Waals surface area (Å²) in [6.07, 6.45) is 6.71. The van der Waals surface area contributed by atoms with E-state index in [1.54, 1.807) is 6.20 Å². The average molecular weight is 351 g/mol. The van der Waals surface area contributed by atoms with E-state index in [0.717, 1.165) is 30.5 Å². The van der Waals surface area contributed by atoms with Crippen LogP contribution in [0.2, 0.25) is 0 Å². The molecule has 132 valence electrons. The van der Waals surface area contributed by atoms with Crippen LogP contribution in [-0.2, 0) is 11.2 Å². The molecule has 1 aliphatic carbocycles. The molecule has 1 saturated carbocycles. The maximum Gasteiger partial charge on any atom is 0.439 e. The summed E-state index contributed by atoms with van der Waals surface area (Å²) in [5.41, 5.74) is 2.93. The first-order valence-corrected chi connectivity index (χ1v) is 8.45. The molecule has 2 heterocycles. The van der Waals surface area contributed by atoms with Crippen LogP contribution in [0.25, 0.3) is 11.5 Å². The van der Waals surface area contributed by atoms with Gasteiger partial charge in [0.1, 0.15) is 5.69 Å². The number of hydrogen-bond acceptors (Lipinski definition) is 6. The minimum absolute atomic E-state index is 0.0928. The van der Waals surface area contributed by atoms with E-state index in [-0.39, 0.29) is 17.6 Å². The van der Waals surface area contributed by atoms with Gasteiger partial charge in [0.05, 0.1) is 5.69 Å². The zero-order valence-corrected chi connectivity index (χ0v) is 13.9. The molecule has 3 aromatic rings. The highest BCUT2D eigenvalue weighted by molar-refractivity contribution is 5.93. The minimum atomic E-state index is -0.636. The first-order valence-electron chi connectivity index (χ1n) is 8.45. The standard InChI is InChI=1S/C18H17N5O3/c24-17(12-2-1-3-12)21-13-6-4-11(5-7-13)10-14-15(20-9-8-19-14)16-22-18(25)26-23-16/h4-9,12H,1-3,10H2,(H,21,24)(H,22,23,25). The van der Waals surface area contributed by atoms with Crippen molar-refractivity contribution in [1.82, 2.24) is 20.1 Å². The molecule has 0 aliphatic heterocycles. The van der Waals surface area contributed by atoms with Gasteiger partial charge in [-0.05, 0) is 30.5 Å². The van der Waals surface area contributed by atoms with Gasteiger partial charge in [-0.3, -0.25) is 19.3 Å². The Balaban J connectivity index is 1.49. The van der Waals surface area contributed by atoms with Gasteiger partial charge >= 0.3 is 5.76 Å². The van der Waals surface area contributed by atoms with E-state index >= 15 is 0 Å². The quantitative estimate of drug-likeness (QED) is 0.728. The number of benzene rings is 1. The molecule has 1 aromatic carbocycles. The van der Waals surface area contributed by atoms with E-state index < -0.39 is 5.76 Å². The molecule has 2 aromatic heterocycles. The monoisotopic (exact) mass is 351 g/mol. The van der Waals surface area contributed by atoms with Gasteiger partial charge in [0.25, 0.3) is 0 Å². The van der Waals surface area contributed by atoms with E-state index in [1.165, 1.54) is 6.20 Å². The molecular formula is C18H17N5O3. The number of carbonyl (C=O) groups is 1. The lowest BCUT2D eigenvalue weighted by atomic mass is 9.85. The molecule has 2 N–H and O–H groups in total. The summed E-state index contributed by atoms with van der Waals surface area (Å²) < 4.78 is 4.54. The van der Waals surface area contributed by atoms with E-state index in [4.69, 9.17) is 0 Å². The number of H-pyrrole nitrogens is 1. The first-order chi connectivity index (χ1) is 12.7. The Bertz CT molecular complexity index is 973. The predicted molar refractivity (Wildman–Crippen MR) is 93.4 cm³/mol. The minimum Gasteiger partial charge on any atom is -0.326 e. The van der Waals surface area contributed by atoms with Crippen molar-refractivity contribution in [1.29, 1.82) is 0 Å². The molecule has 8 heteroatoms. The number of carbonyl (C=O) groups excluding carboxylic acids is 1. The van der Waals surface area contributed by atoms with Gasteiger partial charge in [-0.1, -0.05) is 23.7 Å². The molecule has 8 nitrogen and oxygen atoms in total. The molecule has 1 aliphatic rings. The number of aromatic nitrogens is 4. The third-order valence-electron chi connectivity index (χ3n) is 4.51. The fourth-order valence-electron chi connectivity index (χ4n) is 2.84. The number of hydrogen-bond donors (Lipinski definition) is 2. The molecule has 0 bridgehead atoms. The van der Waals surface area contributed by atoms with Crippen LogP contribution >= 0.6 is 0 Å². The molecule has 0 spiro atoms. The van der Waals surface area contributed by atoms with Gasteiger partial charge in [0.15, 0.2) is 0 Å². The van der Waals surface area contributed by atoms with Crippen LogP contribution in [0.15, 0.2) is 46.0 Å². The van der Waals surface area contributed by atoms with Gasteiger partial charge in [-0.25, -0.2) is 9.78 Å². The smallest absolute Gasteiger partial charge is 0.326 e. The van der Waals surface area contributed by atoms with Gasteiger partial charge in [0.2, 0.25) is 11.7 Å². The van der Waals surface area contributed by atoms with Gasteiger partial charge < -0.3 is 5.32 Å². The second-order valence-corrected chi connectivity index (χ2v) is 6.29. The van der Waals surface area contributed by atoms with Crippen molar-refractivity contribution in [3.8, 4) is 11.5 Å². The Labute approximate surface area is 148 Å². The summed E-state index contributed by atoms with van der Waals surface area (Å²) in [6, 6.07) is 7.61. The fraction of sp³-hybridized carbons (Fsp3) is 0.278. The number of nitrogens with one attached hydrogen (secondary N) is 2. The summed E-state index contributed by atoms with van der Waals surface area (Å²) in [5, 5.41) is 6.62. The maximum atomic E-state index is 12.0. The Morgan fingerprint density at radius 1 is 1.19 bits per heavy atom. The van der Waals surface area contributed by atoms with Crippen LogP contribution < -0.4 is 11.1 Å². The van der Waals surface area contributed by atoms with Crippen LogP contribution in [-0.4, -0.2) is 26.0 Å². The van der Waals surface area contributed by atoms with Crippen LogP contribution in [0.4, 0.5) is 5.69 Å². The largest absolute Gasteiger partial charge is 0.439 e. The Morgan fingerprint density at radius 3 is 2.62 bits per heavy atom. The second kappa shape index (κ2) is 6.91. The van der Waals surface area contributed by atoms with Crippen LogP contribution in [0.1, 0.15) is 30.5 Å². The molecule has 1 fully saturated rings. The normalized spacial score (nSPS) is 14.0. The summed E-state index contributed by atoms with van der Waals surface area (Å²) in [4.78, 5) is 34.2. The van der Waals surface area contributed by atoms with Crippen molar-refractivity contribution in [2.75, 3.05) is 5.32 Å². The van der Waals surface area contributed by atoms with Crippen molar-refractivity contribution >= 4 is 11.6 Å². The highest BCUT2D eigenvalue weighted by Gasteiger charge is 2.25. The predicted octanol–water partition coefficient (Wildman–Crippen LogP) is 2.15. The maximum absolute atomic E-state index is 12.0. The fourth-order valence-corrected chi connectivity index (χ4v) is 2.84. The van der Waals surface area contributed by atoms with Crippen LogP contribution in [0.3, 0.4) is 0 Å². The lowest BCUT2D eigenvalue weighted by molar-refractivity contribution is -0.122. The number of nitrogens with zero attached hydrogens (tertiary/aromatic N) is 3. The molecule has 0 unspecified atom stereocenters. The van der Waals surface area contributed by atoms with Crippen molar-refractivity contribution in [2.24, 2.45) is 5.92 Å². The summed E-state index contributed by atoms with van der Waals surface area (Å²) in [7, 11) is 0. The summed E-state index contributed by atoms with van der Waals surface area (Å²) in [6.45, 7) is 0. The van der Waals surface area contributed by atoms with E-state index in [9.17, 15) is 9.59 Å². The Hall–Kier alpha value is -3.29. The van der Waals surface area contributed by atoms with E-state index in [1.807, 2.05) is 24.3 Å². The van der Waals surface area contributed by atoms with E-state index in [0.29, 0.717) is 17.8 Å². The first kappa shape index (κ1) is 16.2. The van der Waals surface area contributed by atoms with Crippen molar-refractivity contribution in [2.45, 2.75) is 25.7 Å². The van der Waals surface area contributed by atoms with Crippen molar-refractivity contribution < 1.29 is 9.32 Å². The van der Waals surface area contributed by atoms with E-state index in [2.05, 4.69) is 29.9 Å². The SMILES string of the molecule is O=C(Nc1ccc(Cc2nccnc2-c2noc(=O)[nH]2)cc1)C1CCC1. The molecule has 4 rings (SSSR count). The molecule has 0 radical (unpaired) electrons. The molecule has 26 heavy (non-hydrogen) atoms. The zero-order chi connectivity index (χ0) is 17.9. The number of aromatic amines is 1. The number of rotatable bonds is 5. The molecule has 0 saturated heterocycles. The van der Waals surface area contributed by atoms with Crippen LogP contribution in [0.5, 0.6) is 0 Å². The topological polar surface area (TPSA) is 114 Å². The molecular weight excluding hydrogens is 334 g/mol.